The van der Waals surface area contributed by atoms with E-state index in [-0.39, 0.29) is 17.8 Å². The number of likely N-dealkylation sites (N-methyl/N-ethyl adjacent to an activating group) is 1. The summed E-state index contributed by atoms with van der Waals surface area (Å²) in [4.78, 5) is 31.0. The van der Waals surface area contributed by atoms with E-state index >= 15 is 0 Å². The van der Waals surface area contributed by atoms with Crippen LogP contribution >= 0.6 is 11.3 Å². The molecule has 0 aliphatic carbocycles. The fraction of sp³-hybridized carbons (Fsp3) is 0.650. The number of hydrogen-bond acceptors (Lipinski definition) is 7. The molecule has 0 bridgehead atoms. The van der Waals surface area contributed by atoms with Crippen LogP contribution in [0.5, 0.6) is 0 Å². The van der Waals surface area contributed by atoms with E-state index in [1.807, 2.05) is 0 Å². The molecule has 3 rings (SSSR count). The minimum Gasteiger partial charge on any atom is -0.462 e. The van der Waals surface area contributed by atoms with Crippen LogP contribution in [0, 0.1) is 17.2 Å². The van der Waals surface area contributed by atoms with E-state index in [0.29, 0.717) is 23.6 Å². The smallest absolute Gasteiger partial charge is 0.341 e. The van der Waals surface area contributed by atoms with Gasteiger partial charge in [0.1, 0.15) is 5.00 Å². The third kappa shape index (κ3) is 4.72. The van der Waals surface area contributed by atoms with E-state index in [2.05, 4.69) is 28.2 Å². The van der Waals surface area contributed by atoms with Gasteiger partial charge in [0.25, 0.3) is 0 Å². The van der Waals surface area contributed by atoms with Crippen LogP contribution in [0.15, 0.2) is 0 Å². The van der Waals surface area contributed by atoms with Crippen molar-refractivity contribution in [1.82, 2.24) is 9.80 Å². The molecule has 28 heavy (non-hydrogen) atoms. The van der Waals surface area contributed by atoms with E-state index in [9.17, 15) is 9.59 Å². The Balaban J connectivity index is 1.70. The fourth-order valence-electron chi connectivity index (χ4n) is 3.88. The maximum absolute atomic E-state index is 12.9. The van der Waals surface area contributed by atoms with Crippen LogP contribution in [-0.4, -0.2) is 61.5 Å². The minimum absolute atomic E-state index is 0.0163. The van der Waals surface area contributed by atoms with Gasteiger partial charge in [-0.3, -0.25) is 4.79 Å². The molecule has 0 atom stereocenters. The molecular formula is C20H28N4O3S. The summed E-state index contributed by atoms with van der Waals surface area (Å²) >= 11 is 1.50. The standard InChI is InChI=1S/C20H28N4O3S/c1-3-27-20(26)17-15-7-10-23(2)13-16(15)28-19(17)22-18(25)14-5-11-24(12-6-14)9-4-8-21/h14H,3-7,9-13H2,1-2H3,(H,22,25). The van der Waals surface area contributed by atoms with E-state index in [4.69, 9.17) is 10.00 Å². The van der Waals surface area contributed by atoms with Crippen molar-refractivity contribution in [2.45, 2.75) is 39.2 Å². The number of nitriles is 1. The first-order valence-corrected chi connectivity index (χ1v) is 10.8. The lowest BCUT2D eigenvalue weighted by Gasteiger charge is -2.30. The van der Waals surface area contributed by atoms with Gasteiger partial charge in [-0.2, -0.15) is 5.26 Å². The number of ether oxygens (including phenoxy) is 1. The van der Waals surface area contributed by atoms with Crippen LogP contribution in [-0.2, 0) is 22.5 Å². The summed E-state index contributed by atoms with van der Waals surface area (Å²) in [6, 6.07) is 2.17. The van der Waals surface area contributed by atoms with Crippen LogP contribution < -0.4 is 5.32 Å². The zero-order valence-electron chi connectivity index (χ0n) is 16.6. The molecule has 0 spiro atoms. The Labute approximate surface area is 170 Å². The number of anilines is 1. The van der Waals surface area contributed by atoms with Crippen molar-refractivity contribution in [3.63, 3.8) is 0 Å². The predicted octanol–water partition coefficient (Wildman–Crippen LogP) is 2.48. The van der Waals surface area contributed by atoms with Crippen LogP contribution in [0.4, 0.5) is 5.00 Å². The number of carbonyl (C=O) groups excluding carboxylic acids is 2. The number of esters is 1. The number of hydrogen-bond donors (Lipinski definition) is 1. The van der Waals surface area contributed by atoms with E-state index in [1.54, 1.807) is 6.92 Å². The topological polar surface area (TPSA) is 85.7 Å². The molecule has 0 aromatic carbocycles. The van der Waals surface area contributed by atoms with Gasteiger partial charge in [0.15, 0.2) is 0 Å². The van der Waals surface area contributed by atoms with E-state index in [1.165, 1.54) is 11.3 Å². The van der Waals surface area contributed by atoms with Gasteiger partial charge >= 0.3 is 5.97 Å². The van der Waals surface area contributed by atoms with Gasteiger partial charge in [0, 0.05) is 36.9 Å². The van der Waals surface area contributed by atoms with Crippen molar-refractivity contribution in [1.29, 1.82) is 5.26 Å². The normalized spacial score (nSPS) is 18.3. The first-order chi connectivity index (χ1) is 13.5. The summed E-state index contributed by atoms with van der Waals surface area (Å²) < 4.78 is 5.27. The summed E-state index contributed by atoms with van der Waals surface area (Å²) in [5, 5.41) is 12.4. The average molecular weight is 405 g/mol. The monoisotopic (exact) mass is 404 g/mol. The summed E-state index contributed by atoms with van der Waals surface area (Å²) in [6.07, 6.45) is 2.87. The Hall–Kier alpha value is -1.95. The van der Waals surface area contributed by atoms with Crippen LogP contribution in [0.25, 0.3) is 0 Å². The van der Waals surface area contributed by atoms with Crippen LogP contribution in [0.1, 0.15) is 47.0 Å². The summed E-state index contributed by atoms with van der Waals surface area (Å²) in [7, 11) is 2.06. The predicted molar refractivity (Wildman–Crippen MR) is 108 cm³/mol. The highest BCUT2D eigenvalue weighted by molar-refractivity contribution is 7.17. The maximum atomic E-state index is 12.9. The maximum Gasteiger partial charge on any atom is 0.341 e. The average Bonchev–Trinajstić information content (AvgIpc) is 3.03. The Morgan fingerprint density at radius 3 is 2.75 bits per heavy atom. The van der Waals surface area contributed by atoms with E-state index in [0.717, 1.165) is 62.4 Å². The zero-order valence-corrected chi connectivity index (χ0v) is 17.4. The molecule has 0 saturated carbocycles. The van der Waals surface area contributed by atoms with Crippen molar-refractivity contribution < 1.29 is 14.3 Å². The third-order valence-electron chi connectivity index (χ3n) is 5.46. The third-order valence-corrected chi connectivity index (χ3v) is 6.59. The van der Waals surface area contributed by atoms with Crippen LogP contribution in [0.2, 0.25) is 0 Å². The second kappa shape index (κ2) is 9.50. The molecule has 2 aliphatic rings. The largest absolute Gasteiger partial charge is 0.462 e. The second-order valence-corrected chi connectivity index (χ2v) is 8.53. The van der Waals surface area contributed by atoms with Crippen molar-refractivity contribution in [2.75, 3.05) is 45.2 Å². The second-order valence-electron chi connectivity index (χ2n) is 7.43. The number of amides is 1. The molecule has 1 saturated heterocycles. The molecular weight excluding hydrogens is 376 g/mol. The zero-order chi connectivity index (χ0) is 20.1. The van der Waals surface area contributed by atoms with Gasteiger partial charge in [-0.05, 0) is 51.9 Å². The quantitative estimate of drug-likeness (QED) is 0.733. The van der Waals surface area contributed by atoms with Gasteiger partial charge in [0.05, 0.1) is 18.2 Å². The SMILES string of the molecule is CCOC(=O)c1c(NC(=O)C2CCN(CCC#N)CC2)sc2c1CCN(C)C2. The lowest BCUT2D eigenvalue weighted by molar-refractivity contribution is -0.121. The molecule has 2 aliphatic heterocycles. The first kappa shape index (κ1) is 20.8. The Bertz CT molecular complexity index is 762. The molecule has 1 aromatic rings. The molecule has 7 nitrogen and oxygen atoms in total. The van der Waals surface area contributed by atoms with Gasteiger partial charge in [-0.25, -0.2) is 4.79 Å². The molecule has 0 unspecified atom stereocenters. The number of fused-ring (bicyclic) bond motifs is 1. The Morgan fingerprint density at radius 2 is 2.07 bits per heavy atom. The Kier molecular flexibility index (Phi) is 7.05. The van der Waals surface area contributed by atoms with Crippen molar-refractivity contribution in [3.8, 4) is 6.07 Å². The lowest BCUT2D eigenvalue weighted by Crippen LogP contribution is -2.38. The molecule has 1 N–H and O–H groups in total. The van der Waals surface area contributed by atoms with Gasteiger partial charge in [-0.1, -0.05) is 0 Å². The van der Waals surface area contributed by atoms with Crippen molar-refractivity contribution in [3.05, 3.63) is 16.0 Å². The summed E-state index contributed by atoms with van der Waals surface area (Å²) in [5.41, 5.74) is 1.58. The highest BCUT2D eigenvalue weighted by Gasteiger charge is 2.31. The lowest BCUT2D eigenvalue weighted by atomic mass is 9.95. The van der Waals surface area contributed by atoms with Gasteiger partial charge < -0.3 is 19.9 Å². The highest BCUT2D eigenvalue weighted by Crippen LogP contribution is 2.38. The summed E-state index contributed by atoms with van der Waals surface area (Å²) in [5.74, 6) is -0.418. The van der Waals surface area contributed by atoms with Crippen molar-refractivity contribution >= 4 is 28.2 Å². The van der Waals surface area contributed by atoms with Gasteiger partial charge in [-0.15, -0.1) is 11.3 Å². The molecule has 1 amide bonds. The summed E-state index contributed by atoms with van der Waals surface area (Å²) in [6.45, 7) is 6.22. The molecule has 8 heteroatoms. The number of rotatable bonds is 6. The Morgan fingerprint density at radius 1 is 1.32 bits per heavy atom. The van der Waals surface area contributed by atoms with Crippen molar-refractivity contribution in [2.24, 2.45) is 5.92 Å². The number of nitrogens with zero attached hydrogens (tertiary/aromatic N) is 3. The van der Waals surface area contributed by atoms with E-state index < -0.39 is 0 Å². The highest BCUT2D eigenvalue weighted by atomic mass is 32.1. The molecule has 0 radical (unpaired) electrons. The molecule has 1 fully saturated rings. The van der Waals surface area contributed by atoms with Crippen LogP contribution in [0.3, 0.4) is 0 Å². The van der Waals surface area contributed by atoms with Gasteiger partial charge in [0.2, 0.25) is 5.91 Å². The minimum atomic E-state index is -0.342. The molecule has 3 heterocycles. The number of carbonyl (C=O) groups is 2. The number of nitrogens with one attached hydrogen (secondary N) is 1. The number of likely N-dealkylation sites (tertiary alicyclic amines) is 1. The number of piperidine rings is 1. The first-order valence-electron chi connectivity index (χ1n) is 9.93. The fourth-order valence-corrected chi connectivity index (χ4v) is 5.20. The molecule has 1 aromatic heterocycles. The molecule has 152 valence electrons. The number of thiophene rings is 1.